The molecule has 1 saturated carbocycles. The molecule has 1 unspecified atom stereocenters. The number of nitrogens with one attached hydrogen (secondary N) is 1. The summed E-state index contributed by atoms with van der Waals surface area (Å²) in [6.45, 7) is 4.45. The third kappa shape index (κ3) is 2.69. The van der Waals surface area contributed by atoms with Crippen LogP contribution >= 0.6 is 0 Å². The van der Waals surface area contributed by atoms with Gasteiger partial charge in [-0.05, 0) is 56.4 Å². The molecule has 6 heteroatoms. The number of hydrogen-bond acceptors (Lipinski definition) is 3. The van der Waals surface area contributed by atoms with Crippen molar-refractivity contribution in [3.63, 3.8) is 0 Å². The number of carboxylic acid groups (broad SMARTS) is 1. The van der Waals surface area contributed by atoms with E-state index in [0.29, 0.717) is 25.8 Å². The fourth-order valence-corrected chi connectivity index (χ4v) is 2.91. The Labute approximate surface area is 134 Å². The number of carbonyl (C=O) groups excluding carboxylic acids is 2. The molecular weight excluding hydrogens is 296 g/mol. The quantitative estimate of drug-likeness (QED) is 0.822. The highest BCUT2D eigenvalue weighted by molar-refractivity contribution is 6.10. The maximum atomic E-state index is 12.5. The molecule has 2 amide bonds. The molecule has 0 aromatic heterocycles. The van der Waals surface area contributed by atoms with Gasteiger partial charge in [-0.3, -0.25) is 9.59 Å². The van der Waals surface area contributed by atoms with Crippen molar-refractivity contribution >= 4 is 23.5 Å². The van der Waals surface area contributed by atoms with Gasteiger partial charge >= 0.3 is 5.97 Å². The molecule has 122 valence electrons. The van der Waals surface area contributed by atoms with Gasteiger partial charge in [0, 0.05) is 12.2 Å². The number of carboxylic acids is 1. The zero-order valence-electron chi connectivity index (χ0n) is 13.3. The Morgan fingerprint density at radius 2 is 1.96 bits per heavy atom. The zero-order valence-corrected chi connectivity index (χ0v) is 13.3. The first-order chi connectivity index (χ1) is 10.8. The Morgan fingerprint density at radius 3 is 2.52 bits per heavy atom. The van der Waals surface area contributed by atoms with E-state index in [4.69, 9.17) is 5.11 Å². The summed E-state index contributed by atoms with van der Waals surface area (Å²) in [6, 6.07) is 5.77. The summed E-state index contributed by atoms with van der Waals surface area (Å²) in [5, 5.41) is 11.7. The van der Waals surface area contributed by atoms with Crippen LogP contribution in [-0.4, -0.2) is 35.0 Å². The van der Waals surface area contributed by atoms with Crippen LogP contribution in [0.3, 0.4) is 0 Å². The highest BCUT2D eigenvalue weighted by Crippen LogP contribution is 2.36. The maximum absolute atomic E-state index is 12.5. The Kier molecular flexibility index (Phi) is 3.62. The maximum Gasteiger partial charge on any atom is 0.329 e. The molecule has 0 bridgehead atoms. The summed E-state index contributed by atoms with van der Waals surface area (Å²) >= 11 is 0. The minimum Gasteiger partial charge on any atom is -0.480 e. The molecule has 1 aliphatic heterocycles. The minimum absolute atomic E-state index is 0.257. The van der Waals surface area contributed by atoms with E-state index in [1.165, 1.54) is 0 Å². The molecule has 23 heavy (non-hydrogen) atoms. The number of rotatable bonds is 4. The fourth-order valence-electron chi connectivity index (χ4n) is 2.91. The van der Waals surface area contributed by atoms with E-state index in [1.54, 1.807) is 4.90 Å². The second-order valence-corrected chi connectivity index (χ2v) is 6.48. The standard InChI is InChI=1S/C17H20N2O4/c1-10-3-4-12(9-11(10)2)19-8-5-13(15(19)21)14(20)18-17(6-7-17)16(22)23/h3-4,9,13H,5-8H2,1-2H3,(H,18,20)(H,22,23). The van der Waals surface area contributed by atoms with Crippen LogP contribution in [0.15, 0.2) is 18.2 Å². The molecule has 1 atom stereocenters. The molecule has 0 radical (unpaired) electrons. The average molecular weight is 316 g/mol. The number of aliphatic carboxylic acids is 1. The first-order valence-corrected chi connectivity index (χ1v) is 7.78. The van der Waals surface area contributed by atoms with Crippen LogP contribution in [0.5, 0.6) is 0 Å². The lowest BCUT2D eigenvalue weighted by molar-refractivity contribution is -0.144. The number of hydrogen-bond donors (Lipinski definition) is 2. The van der Waals surface area contributed by atoms with Gasteiger partial charge in [0.05, 0.1) is 0 Å². The molecule has 0 spiro atoms. The van der Waals surface area contributed by atoms with Crippen molar-refractivity contribution in [2.45, 2.75) is 38.6 Å². The van der Waals surface area contributed by atoms with Gasteiger partial charge < -0.3 is 15.3 Å². The second-order valence-electron chi connectivity index (χ2n) is 6.48. The van der Waals surface area contributed by atoms with Gasteiger partial charge in [-0.2, -0.15) is 0 Å². The van der Waals surface area contributed by atoms with Crippen LogP contribution < -0.4 is 10.2 Å². The number of nitrogens with zero attached hydrogens (tertiary/aromatic N) is 1. The largest absolute Gasteiger partial charge is 0.480 e. The first kappa shape index (κ1) is 15.5. The van der Waals surface area contributed by atoms with Crippen molar-refractivity contribution < 1.29 is 19.5 Å². The molecule has 1 saturated heterocycles. The Balaban J connectivity index is 1.72. The number of benzene rings is 1. The molecule has 1 aliphatic carbocycles. The summed E-state index contributed by atoms with van der Waals surface area (Å²) in [5.74, 6) is -2.55. The smallest absolute Gasteiger partial charge is 0.329 e. The second kappa shape index (κ2) is 5.37. The predicted octanol–water partition coefficient (Wildman–Crippen LogP) is 1.39. The molecule has 1 aromatic carbocycles. The molecule has 2 fully saturated rings. The Bertz CT molecular complexity index is 694. The molecule has 2 N–H and O–H groups in total. The molecule has 3 rings (SSSR count). The lowest BCUT2D eigenvalue weighted by Gasteiger charge is -2.19. The van der Waals surface area contributed by atoms with Gasteiger partial charge in [0.15, 0.2) is 0 Å². The lowest BCUT2D eigenvalue weighted by Crippen LogP contribution is -2.47. The van der Waals surface area contributed by atoms with Gasteiger partial charge in [-0.1, -0.05) is 6.07 Å². The molecular formula is C17H20N2O4. The molecule has 1 heterocycles. The van der Waals surface area contributed by atoms with Crippen molar-refractivity contribution in [1.82, 2.24) is 5.32 Å². The molecule has 6 nitrogen and oxygen atoms in total. The van der Waals surface area contributed by atoms with Crippen LogP contribution in [0, 0.1) is 19.8 Å². The molecule has 1 aromatic rings. The Hall–Kier alpha value is -2.37. The van der Waals surface area contributed by atoms with E-state index in [9.17, 15) is 14.4 Å². The van der Waals surface area contributed by atoms with Crippen molar-refractivity contribution in [3.05, 3.63) is 29.3 Å². The normalized spacial score (nSPS) is 22.1. The van der Waals surface area contributed by atoms with E-state index in [1.807, 2.05) is 32.0 Å². The van der Waals surface area contributed by atoms with Crippen LogP contribution in [-0.2, 0) is 14.4 Å². The molecule has 2 aliphatic rings. The van der Waals surface area contributed by atoms with Crippen LogP contribution in [0.1, 0.15) is 30.4 Å². The number of aryl methyl sites for hydroxylation is 2. The van der Waals surface area contributed by atoms with Crippen molar-refractivity contribution in [3.8, 4) is 0 Å². The van der Waals surface area contributed by atoms with E-state index in [2.05, 4.69) is 5.32 Å². The van der Waals surface area contributed by atoms with Crippen LogP contribution in [0.25, 0.3) is 0 Å². The minimum atomic E-state index is -1.15. The van der Waals surface area contributed by atoms with Gasteiger partial charge in [-0.25, -0.2) is 4.79 Å². The average Bonchev–Trinajstić information content (AvgIpc) is 3.17. The van der Waals surface area contributed by atoms with Gasteiger partial charge in [-0.15, -0.1) is 0 Å². The summed E-state index contributed by atoms with van der Waals surface area (Å²) in [6.07, 6.45) is 1.26. The zero-order chi connectivity index (χ0) is 16.8. The summed E-state index contributed by atoms with van der Waals surface area (Å²) in [5.41, 5.74) is 1.87. The number of amides is 2. The van der Waals surface area contributed by atoms with Gasteiger partial charge in [0.1, 0.15) is 11.5 Å². The summed E-state index contributed by atoms with van der Waals surface area (Å²) < 4.78 is 0. The third-order valence-corrected chi connectivity index (χ3v) is 4.85. The van der Waals surface area contributed by atoms with E-state index < -0.39 is 23.3 Å². The number of carbonyl (C=O) groups is 3. The topological polar surface area (TPSA) is 86.7 Å². The van der Waals surface area contributed by atoms with E-state index in [0.717, 1.165) is 16.8 Å². The van der Waals surface area contributed by atoms with Crippen LogP contribution in [0.2, 0.25) is 0 Å². The van der Waals surface area contributed by atoms with E-state index >= 15 is 0 Å². The predicted molar refractivity (Wildman–Crippen MR) is 84.1 cm³/mol. The highest BCUT2D eigenvalue weighted by Gasteiger charge is 2.53. The van der Waals surface area contributed by atoms with E-state index in [-0.39, 0.29) is 5.91 Å². The van der Waals surface area contributed by atoms with Crippen molar-refractivity contribution in [1.29, 1.82) is 0 Å². The third-order valence-electron chi connectivity index (χ3n) is 4.85. The number of anilines is 1. The SMILES string of the molecule is Cc1ccc(N2CCC(C(=O)NC3(C(=O)O)CC3)C2=O)cc1C. The summed E-state index contributed by atoms with van der Waals surface area (Å²) in [7, 11) is 0. The highest BCUT2D eigenvalue weighted by atomic mass is 16.4. The van der Waals surface area contributed by atoms with Crippen LogP contribution in [0.4, 0.5) is 5.69 Å². The van der Waals surface area contributed by atoms with Crippen molar-refractivity contribution in [2.75, 3.05) is 11.4 Å². The Morgan fingerprint density at radius 1 is 1.26 bits per heavy atom. The van der Waals surface area contributed by atoms with Crippen molar-refractivity contribution in [2.24, 2.45) is 5.92 Å². The lowest BCUT2D eigenvalue weighted by atomic mass is 10.1. The first-order valence-electron chi connectivity index (χ1n) is 7.78. The van der Waals surface area contributed by atoms with Gasteiger partial charge in [0.25, 0.3) is 0 Å². The summed E-state index contributed by atoms with van der Waals surface area (Å²) in [4.78, 5) is 37.6. The monoisotopic (exact) mass is 316 g/mol. The van der Waals surface area contributed by atoms with Gasteiger partial charge in [0.2, 0.25) is 11.8 Å². The fraction of sp³-hybridized carbons (Fsp3) is 0.471.